The first-order valence-electron chi connectivity index (χ1n) is 11.4. The molecule has 1 atom stereocenters. The van der Waals surface area contributed by atoms with Crippen LogP contribution < -0.4 is 10.6 Å². The summed E-state index contributed by atoms with van der Waals surface area (Å²) in [5.74, 6) is 0.894. The van der Waals surface area contributed by atoms with Gasteiger partial charge in [0.2, 0.25) is 0 Å². The van der Waals surface area contributed by atoms with Gasteiger partial charge in [-0.1, -0.05) is 38.1 Å². The van der Waals surface area contributed by atoms with Crippen LogP contribution >= 0.6 is 24.0 Å². The molecule has 2 N–H and O–H groups in total. The lowest BCUT2D eigenvalue weighted by Crippen LogP contribution is -2.45. The largest absolute Gasteiger partial charge is 0.355 e. The maximum absolute atomic E-state index is 4.39. The third-order valence-corrected chi connectivity index (χ3v) is 6.44. The minimum atomic E-state index is 0. The number of aliphatic imine (C=N–C) groups is 1. The van der Waals surface area contributed by atoms with Crippen LogP contribution in [0.5, 0.6) is 0 Å². The van der Waals surface area contributed by atoms with Gasteiger partial charge in [0.25, 0.3) is 0 Å². The molecule has 0 aromatic heterocycles. The van der Waals surface area contributed by atoms with Crippen molar-refractivity contribution in [3.63, 3.8) is 0 Å². The third kappa shape index (κ3) is 7.66. The van der Waals surface area contributed by atoms with Crippen LogP contribution in [0.1, 0.15) is 37.8 Å². The van der Waals surface area contributed by atoms with Crippen molar-refractivity contribution >= 4 is 29.9 Å². The fourth-order valence-electron chi connectivity index (χ4n) is 4.45. The van der Waals surface area contributed by atoms with E-state index in [2.05, 4.69) is 68.4 Å². The molecule has 6 nitrogen and oxygen atoms in total. The maximum Gasteiger partial charge on any atom is 0.191 e. The zero-order valence-corrected chi connectivity index (χ0v) is 21.4. The molecule has 2 fully saturated rings. The van der Waals surface area contributed by atoms with Crippen molar-refractivity contribution in [3.8, 4) is 0 Å². The van der Waals surface area contributed by atoms with Gasteiger partial charge >= 0.3 is 0 Å². The van der Waals surface area contributed by atoms with Crippen LogP contribution in [0.4, 0.5) is 0 Å². The van der Waals surface area contributed by atoms with E-state index in [0.717, 1.165) is 32.1 Å². The molecule has 1 unspecified atom stereocenters. The Kier molecular flexibility index (Phi) is 11.4. The van der Waals surface area contributed by atoms with E-state index in [0.29, 0.717) is 6.04 Å². The summed E-state index contributed by atoms with van der Waals surface area (Å²) in [7, 11) is 1.85. The molecule has 2 heterocycles. The van der Waals surface area contributed by atoms with Gasteiger partial charge in [-0.2, -0.15) is 0 Å². The van der Waals surface area contributed by atoms with Crippen LogP contribution in [0.25, 0.3) is 0 Å². The first kappa shape index (κ1) is 25.4. The van der Waals surface area contributed by atoms with E-state index in [1.165, 1.54) is 63.2 Å². The number of hydrogen-bond donors (Lipinski definition) is 2. The molecule has 2 aliphatic heterocycles. The summed E-state index contributed by atoms with van der Waals surface area (Å²) in [5, 5.41) is 6.97. The summed E-state index contributed by atoms with van der Waals surface area (Å²) in [4.78, 5) is 12.0. The number of likely N-dealkylation sites (tertiary alicyclic amines) is 1. The first-order valence-corrected chi connectivity index (χ1v) is 11.4. The Morgan fingerprint density at radius 1 is 0.933 bits per heavy atom. The summed E-state index contributed by atoms with van der Waals surface area (Å²) in [5.41, 5.74) is 2.70. The second-order valence-corrected chi connectivity index (χ2v) is 8.26. The van der Waals surface area contributed by atoms with Crippen LogP contribution in [0.2, 0.25) is 0 Å². The zero-order chi connectivity index (χ0) is 20.5. The van der Waals surface area contributed by atoms with Gasteiger partial charge in [0.1, 0.15) is 0 Å². The quantitative estimate of drug-likeness (QED) is 0.309. The van der Waals surface area contributed by atoms with Crippen molar-refractivity contribution in [1.82, 2.24) is 25.3 Å². The lowest BCUT2D eigenvalue weighted by Gasteiger charge is -2.34. The van der Waals surface area contributed by atoms with E-state index >= 15 is 0 Å². The average Bonchev–Trinajstić information content (AvgIpc) is 3.23. The smallest absolute Gasteiger partial charge is 0.191 e. The highest BCUT2D eigenvalue weighted by Crippen LogP contribution is 2.15. The number of likely N-dealkylation sites (N-methyl/N-ethyl adjacent to an activating group) is 2. The van der Waals surface area contributed by atoms with Crippen LogP contribution in [-0.4, -0.2) is 86.1 Å². The topological polar surface area (TPSA) is 46.1 Å². The van der Waals surface area contributed by atoms with Crippen LogP contribution in [-0.2, 0) is 13.1 Å². The summed E-state index contributed by atoms with van der Waals surface area (Å²) in [6.45, 7) is 15.6. The highest BCUT2D eigenvalue weighted by Gasteiger charge is 2.22. The van der Waals surface area contributed by atoms with Gasteiger partial charge in [0.05, 0.1) is 0 Å². The van der Waals surface area contributed by atoms with Crippen molar-refractivity contribution in [2.75, 3.05) is 59.4 Å². The molecule has 1 aromatic carbocycles. The first-order chi connectivity index (χ1) is 14.2. The molecule has 170 valence electrons. The number of nitrogens with one attached hydrogen (secondary N) is 2. The number of guanidine groups is 1. The number of benzene rings is 1. The molecule has 0 saturated carbocycles. The number of hydrogen-bond acceptors (Lipinski definition) is 4. The van der Waals surface area contributed by atoms with Crippen molar-refractivity contribution in [2.24, 2.45) is 4.99 Å². The molecule has 0 radical (unpaired) electrons. The summed E-state index contributed by atoms with van der Waals surface area (Å²) in [6.07, 6.45) is 2.60. The second-order valence-electron chi connectivity index (χ2n) is 8.26. The number of rotatable bonds is 8. The Morgan fingerprint density at radius 2 is 1.60 bits per heavy atom. The molecule has 0 aliphatic carbocycles. The standard InChI is InChI=1S/C23H40N6.HI/c1-4-27-13-15-28(16-14-27)19-21-10-8-20(9-11-21)17-25-23(24-3)26-18-22-7-6-12-29(22)5-2;/h8-11,22H,4-7,12-19H2,1-3H3,(H2,24,25,26);1H. The molecule has 0 spiro atoms. The number of nitrogens with zero attached hydrogens (tertiary/aromatic N) is 4. The predicted molar refractivity (Wildman–Crippen MR) is 138 cm³/mol. The van der Waals surface area contributed by atoms with E-state index in [9.17, 15) is 0 Å². The van der Waals surface area contributed by atoms with E-state index in [1.807, 2.05) is 7.05 Å². The lowest BCUT2D eigenvalue weighted by atomic mass is 10.1. The maximum atomic E-state index is 4.39. The molecule has 2 saturated heterocycles. The molecule has 0 amide bonds. The van der Waals surface area contributed by atoms with Crippen molar-refractivity contribution in [2.45, 2.75) is 45.8 Å². The monoisotopic (exact) mass is 528 g/mol. The number of halogens is 1. The third-order valence-electron chi connectivity index (χ3n) is 6.44. The van der Waals surface area contributed by atoms with Gasteiger partial charge in [-0.3, -0.25) is 14.8 Å². The Labute approximate surface area is 200 Å². The lowest BCUT2D eigenvalue weighted by molar-refractivity contribution is 0.132. The van der Waals surface area contributed by atoms with Gasteiger partial charge in [-0.25, -0.2) is 0 Å². The molecule has 3 rings (SSSR count). The Morgan fingerprint density at radius 3 is 2.23 bits per heavy atom. The van der Waals surface area contributed by atoms with E-state index in [4.69, 9.17) is 0 Å². The number of piperazine rings is 1. The summed E-state index contributed by atoms with van der Waals surface area (Å²) >= 11 is 0. The summed E-state index contributed by atoms with van der Waals surface area (Å²) in [6, 6.07) is 9.67. The fraction of sp³-hybridized carbons (Fsp3) is 0.696. The van der Waals surface area contributed by atoms with Crippen LogP contribution in [0, 0.1) is 0 Å². The molecular weight excluding hydrogens is 487 g/mol. The van der Waals surface area contributed by atoms with Gasteiger partial charge in [0.15, 0.2) is 5.96 Å². The van der Waals surface area contributed by atoms with Gasteiger partial charge in [-0.15, -0.1) is 24.0 Å². The minimum absolute atomic E-state index is 0. The molecule has 1 aromatic rings. The molecular formula is C23H41IN6. The molecule has 2 aliphatic rings. The highest BCUT2D eigenvalue weighted by molar-refractivity contribution is 14.0. The normalized spacial score (nSPS) is 21.4. The van der Waals surface area contributed by atoms with Gasteiger partial charge in [-0.05, 0) is 43.6 Å². The Hall–Kier alpha value is -0.900. The SMILES string of the molecule is CCN1CCN(Cc2ccc(CNC(=NC)NCC3CCCN3CC)cc2)CC1.I. The zero-order valence-electron chi connectivity index (χ0n) is 19.1. The molecule has 30 heavy (non-hydrogen) atoms. The highest BCUT2D eigenvalue weighted by atomic mass is 127. The Bertz CT molecular complexity index is 627. The van der Waals surface area contributed by atoms with Crippen molar-refractivity contribution in [1.29, 1.82) is 0 Å². The van der Waals surface area contributed by atoms with Crippen LogP contribution in [0.15, 0.2) is 29.3 Å². The van der Waals surface area contributed by atoms with Gasteiger partial charge < -0.3 is 15.5 Å². The van der Waals surface area contributed by atoms with Crippen molar-refractivity contribution < 1.29 is 0 Å². The summed E-state index contributed by atoms with van der Waals surface area (Å²) < 4.78 is 0. The van der Waals surface area contributed by atoms with E-state index in [1.54, 1.807) is 0 Å². The second kappa shape index (κ2) is 13.5. The molecule has 7 heteroatoms. The average molecular weight is 529 g/mol. The fourth-order valence-corrected chi connectivity index (χ4v) is 4.45. The molecule has 0 bridgehead atoms. The van der Waals surface area contributed by atoms with Crippen LogP contribution in [0.3, 0.4) is 0 Å². The minimum Gasteiger partial charge on any atom is -0.355 e. The predicted octanol–water partition coefficient (Wildman–Crippen LogP) is 2.59. The van der Waals surface area contributed by atoms with E-state index < -0.39 is 0 Å². The van der Waals surface area contributed by atoms with E-state index in [-0.39, 0.29) is 24.0 Å². The Balaban J connectivity index is 0.00000320. The van der Waals surface area contributed by atoms with Crippen molar-refractivity contribution in [3.05, 3.63) is 35.4 Å². The van der Waals surface area contributed by atoms with Gasteiger partial charge in [0, 0.05) is 58.9 Å².